The second-order valence-corrected chi connectivity index (χ2v) is 6.30. The number of nitrogens with one attached hydrogen (secondary N) is 1. The van der Waals surface area contributed by atoms with E-state index in [-0.39, 0.29) is 29.8 Å². The van der Waals surface area contributed by atoms with Crippen LogP contribution in [0.3, 0.4) is 0 Å². The second kappa shape index (κ2) is 6.42. The van der Waals surface area contributed by atoms with E-state index in [9.17, 15) is 9.59 Å². The van der Waals surface area contributed by atoms with Crippen molar-refractivity contribution in [1.82, 2.24) is 10.2 Å². The summed E-state index contributed by atoms with van der Waals surface area (Å²) in [5, 5.41) is 2.87. The van der Waals surface area contributed by atoms with Gasteiger partial charge >= 0.3 is 0 Å². The molecule has 112 valence electrons. The highest BCUT2D eigenvalue weighted by atomic mass is 16.2. The molecule has 4 nitrogen and oxygen atoms in total. The Morgan fingerprint density at radius 2 is 2.10 bits per heavy atom. The predicted octanol–water partition coefficient (Wildman–Crippen LogP) is 2.10. The number of nitrogens with zero attached hydrogens (tertiary/aromatic N) is 1. The number of piperazine rings is 1. The SMILES string of the molecule is CCC1NC(=O)C(C(C)C)N(CC2CC=CCC2)C1=O. The Morgan fingerprint density at radius 3 is 2.65 bits per heavy atom. The minimum absolute atomic E-state index is 0.0119. The molecule has 1 aliphatic carbocycles. The van der Waals surface area contributed by atoms with Crippen LogP contribution in [0, 0.1) is 11.8 Å². The molecule has 20 heavy (non-hydrogen) atoms. The third-order valence-corrected chi connectivity index (χ3v) is 4.37. The maximum absolute atomic E-state index is 12.6. The van der Waals surface area contributed by atoms with Crippen molar-refractivity contribution < 1.29 is 9.59 Å². The molecule has 3 unspecified atom stereocenters. The average molecular weight is 278 g/mol. The number of allylic oxidation sites excluding steroid dienone is 2. The fraction of sp³-hybridized carbons (Fsp3) is 0.750. The molecule has 0 aromatic carbocycles. The van der Waals surface area contributed by atoms with Gasteiger partial charge < -0.3 is 10.2 Å². The van der Waals surface area contributed by atoms with Gasteiger partial charge in [0.2, 0.25) is 11.8 Å². The number of rotatable bonds is 4. The zero-order chi connectivity index (χ0) is 14.7. The first-order chi connectivity index (χ1) is 9.54. The zero-order valence-corrected chi connectivity index (χ0v) is 12.8. The number of carbonyl (C=O) groups excluding carboxylic acids is 2. The third-order valence-electron chi connectivity index (χ3n) is 4.37. The molecule has 0 radical (unpaired) electrons. The van der Waals surface area contributed by atoms with E-state index in [2.05, 4.69) is 17.5 Å². The highest BCUT2D eigenvalue weighted by molar-refractivity contribution is 5.97. The van der Waals surface area contributed by atoms with Crippen molar-refractivity contribution in [3.8, 4) is 0 Å². The van der Waals surface area contributed by atoms with E-state index in [1.807, 2.05) is 25.7 Å². The first-order valence-electron chi connectivity index (χ1n) is 7.80. The average Bonchev–Trinajstić information content (AvgIpc) is 2.43. The van der Waals surface area contributed by atoms with Crippen molar-refractivity contribution in [3.63, 3.8) is 0 Å². The molecule has 1 saturated heterocycles. The summed E-state index contributed by atoms with van der Waals surface area (Å²) in [5.41, 5.74) is 0. The van der Waals surface area contributed by atoms with Crippen LogP contribution < -0.4 is 5.32 Å². The summed E-state index contributed by atoms with van der Waals surface area (Å²) in [6.45, 7) is 6.69. The van der Waals surface area contributed by atoms with Crippen molar-refractivity contribution >= 4 is 11.8 Å². The maximum atomic E-state index is 12.6. The molecule has 1 heterocycles. The van der Waals surface area contributed by atoms with E-state index in [0.29, 0.717) is 12.3 Å². The molecular weight excluding hydrogens is 252 g/mol. The quantitative estimate of drug-likeness (QED) is 0.801. The number of amides is 2. The molecule has 1 fully saturated rings. The molecule has 2 amide bonds. The lowest BCUT2D eigenvalue weighted by molar-refractivity contribution is -0.152. The lowest BCUT2D eigenvalue weighted by Crippen LogP contribution is -2.65. The smallest absolute Gasteiger partial charge is 0.245 e. The van der Waals surface area contributed by atoms with Crippen molar-refractivity contribution in [2.75, 3.05) is 6.54 Å². The van der Waals surface area contributed by atoms with Crippen molar-refractivity contribution in [3.05, 3.63) is 12.2 Å². The summed E-state index contributed by atoms with van der Waals surface area (Å²) in [4.78, 5) is 26.7. The monoisotopic (exact) mass is 278 g/mol. The standard InChI is InChI=1S/C16H26N2O2/c1-4-13-16(20)18(10-12-8-6-5-7-9-12)14(11(2)3)15(19)17-13/h5-6,11-14H,4,7-10H2,1-3H3,(H,17,19). The largest absolute Gasteiger partial charge is 0.343 e. The van der Waals surface area contributed by atoms with Crippen molar-refractivity contribution in [1.29, 1.82) is 0 Å². The minimum atomic E-state index is -0.336. The second-order valence-electron chi connectivity index (χ2n) is 6.30. The summed E-state index contributed by atoms with van der Waals surface area (Å²) in [7, 11) is 0. The van der Waals surface area contributed by atoms with Gasteiger partial charge in [-0.3, -0.25) is 9.59 Å². The van der Waals surface area contributed by atoms with Crippen LogP contribution in [0.4, 0.5) is 0 Å². The van der Waals surface area contributed by atoms with Crippen molar-refractivity contribution in [2.45, 2.75) is 58.5 Å². The first-order valence-corrected chi connectivity index (χ1v) is 7.80. The van der Waals surface area contributed by atoms with Crippen LogP contribution in [0.15, 0.2) is 12.2 Å². The number of carbonyl (C=O) groups is 2. The summed E-state index contributed by atoms with van der Waals surface area (Å²) >= 11 is 0. The van der Waals surface area contributed by atoms with Gasteiger partial charge in [-0.1, -0.05) is 32.9 Å². The van der Waals surface area contributed by atoms with Gasteiger partial charge in [-0.2, -0.15) is 0 Å². The van der Waals surface area contributed by atoms with Crippen LogP contribution in [0.25, 0.3) is 0 Å². The fourth-order valence-electron chi connectivity index (χ4n) is 3.24. The van der Waals surface area contributed by atoms with E-state index in [1.54, 1.807) is 0 Å². The zero-order valence-electron chi connectivity index (χ0n) is 12.8. The van der Waals surface area contributed by atoms with Crippen molar-refractivity contribution in [2.24, 2.45) is 11.8 Å². The number of hydrogen-bond acceptors (Lipinski definition) is 2. The molecule has 0 spiro atoms. The first kappa shape index (κ1) is 15.1. The molecular formula is C16H26N2O2. The molecule has 1 aliphatic heterocycles. The number of hydrogen-bond donors (Lipinski definition) is 1. The molecule has 2 rings (SSSR count). The molecule has 0 bridgehead atoms. The molecule has 4 heteroatoms. The van der Waals surface area contributed by atoms with E-state index in [4.69, 9.17) is 0 Å². The lowest BCUT2D eigenvalue weighted by atomic mass is 9.90. The lowest BCUT2D eigenvalue weighted by Gasteiger charge is -2.42. The van der Waals surface area contributed by atoms with Gasteiger partial charge in [0.05, 0.1) is 0 Å². The van der Waals surface area contributed by atoms with Gasteiger partial charge in [0.25, 0.3) is 0 Å². The van der Waals surface area contributed by atoms with Crippen LogP contribution in [-0.2, 0) is 9.59 Å². The topological polar surface area (TPSA) is 49.4 Å². The Hall–Kier alpha value is -1.32. The molecule has 0 aromatic heterocycles. The van der Waals surface area contributed by atoms with Gasteiger partial charge in [-0.05, 0) is 37.5 Å². The summed E-state index contributed by atoms with van der Waals surface area (Å²) in [6, 6.07) is -0.646. The molecule has 0 aromatic rings. The van der Waals surface area contributed by atoms with E-state index >= 15 is 0 Å². The van der Waals surface area contributed by atoms with Gasteiger partial charge in [0.1, 0.15) is 12.1 Å². The van der Waals surface area contributed by atoms with E-state index < -0.39 is 0 Å². The van der Waals surface area contributed by atoms with Crippen LogP contribution >= 0.6 is 0 Å². The minimum Gasteiger partial charge on any atom is -0.343 e. The van der Waals surface area contributed by atoms with Crippen LogP contribution in [0.5, 0.6) is 0 Å². The van der Waals surface area contributed by atoms with Crippen LogP contribution in [0.1, 0.15) is 46.5 Å². The fourth-order valence-corrected chi connectivity index (χ4v) is 3.24. The van der Waals surface area contributed by atoms with Gasteiger partial charge in [0, 0.05) is 6.54 Å². The van der Waals surface area contributed by atoms with E-state index in [1.165, 1.54) is 0 Å². The Bertz CT molecular complexity index is 403. The summed E-state index contributed by atoms with van der Waals surface area (Å²) < 4.78 is 0. The van der Waals surface area contributed by atoms with Gasteiger partial charge in [-0.15, -0.1) is 0 Å². The molecule has 2 aliphatic rings. The summed E-state index contributed by atoms with van der Waals surface area (Å²) in [5.74, 6) is 0.752. The van der Waals surface area contributed by atoms with Crippen LogP contribution in [0.2, 0.25) is 0 Å². The van der Waals surface area contributed by atoms with Gasteiger partial charge in [0.15, 0.2) is 0 Å². The Morgan fingerprint density at radius 1 is 1.35 bits per heavy atom. The Labute approximate surface area is 121 Å². The molecule has 3 atom stereocenters. The van der Waals surface area contributed by atoms with Crippen LogP contribution in [-0.4, -0.2) is 35.3 Å². The predicted molar refractivity (Wildman–Crippen MR) is 79.0 cm³/mol. The normalized spacial score (nSPS) is 30.8. The van der Waals surface area contributed by atoms with Gasteiger partial charge in [-0.25, -0.2) is 0 Å². The highest BCUT2D eigenvalue weighted by Gasteiger charge is 2.41. The highest BCUT2D eigenvalue weighted by Crippen LogP contribution is 2.25. The maximum Gasteiger partial charge on any atom is 0.245 e. The molecule has 0 saturated carbocycles. The Balaban J connectivity index is 2.15. The third kappa shape index (κ3) is 3.05. The Kier molecular flexibility index (Phi) is 4.84. The molecule has 1 N–H and O–H groups in total. The van der Waals surface area contributed by atoms with E-state index in [0.717, 1.165) is 25.8 Å². The summed E-state index contributed by atoms with van der Waals surface area (Å²) in [6.07, 6.45) is 8.29.